The molecular weight excluding hydrogens is 260 g/mol. The van der Waals surface area contributed by atoms with E-state index in [1.54, 1.807) is 6.92 Å². The predicted octanol–water partition coefficient (Wildman–Crippen LogP) is 4.21. The van der Waals surface area contributed by atoms with Crippen LogP contribution in [0.3, 0.4) is 0 Å². The van der Waals surface area contributed by atoms with E-state index in [1.807, 2.05) is 0 Å². The lowest BCUT2D eigenvalue weighted by Gasteiger charge is -2.25. The Labute approximate surface area is 99.8 Å². The molecule has 1 N–H and O–H groups in total. The lowest BCUT2D eigenvalue weighted by molar-refractivity contribution is -0.242. The van der Waals surface area contributed by atoms with Crippen LogP contribution in [-0.4, -0.2) is 18.4 Å². The molecule has 0 heterocycles. The average molecular weight is 271 g/mol. The van der Waals surface area contributed by atoms with Crippen molar-refractivity contribution < 1.29 is 26.3 Å². The number of hydrogen-bond donors (Lipinski definition) is 1. The molecule has 0 aliphatic carbocycles. The molecule has 1 aromatic carbocycles. The third kappa shape index (κ3) is 3.54. The summed E-state index contributed by atoms with van der Waals surface area (Å²) >= 11 is 0. The Morgan fingerprint density at radius 2 is 1.44 bits per heavy atom. The van der Waals surface area contributed by atoms with Gasteiger partial charge < -0.3 is 5.32 Å². The van der Waals surface area contributed by atoms with Crippen LogP contribution >= 0.6 is 0 Å². The van der Waals surface area contributed by atoms with Gasteiger partial charge in [-0.15, -0.1) is 0 Å². The van der Waals surface area contributed by atoms with Crippen LogP contribution in [-0.2, 0) is 0 Å². The minimum absolute atomic E-state index is 0.180. The second kappa shape index (κ2) is 4.70. The van der Waals surface area contributed by atoms with Crippen molar-refractivity contribution in [1.29, 1.82) is 0 Å². The molecule has 102 valence electrons. The zero-order valence-corrected chi connectivity index (χ0v) is 9.58. The van der Waals surface area contributed by atoms with Crippen molar-refractivity contribution >= 4 is 5.69 Å². The number of halogens is 6. The molecule has 0 saturated heterocycles. The molecule has 0 radical (unpaired) electrons. The number of benzene rings is 1. The van der Waals surface area contributed by atoms with Crippen LogP contribution in [0.1, 0.15) is 11.1 Å². The Morgan fingerprint density at radius 1 is 0.944 bits per heavy atom. The van der Waals surface area contributed by atoms with Gasteiger partial charge in [0.25, 0.3) is 0 Å². The maximum atomic E-state index is 12.3. The molecule has 0 aromatic heterocycles. The van der Waals surface area contributed by atoms with E-state index in [0.717, 1.165) is 5.56 Å². The predicted molar refractivity (Wildman–Crippen MR) is 55.4 cm³/mol. The molecule has 0 aliphatic heterocycles. The van der Waals surface area contributed by atoms with Gasteiger partial charge in [0.2, 0.25) is 6.04 Å². The standard InChI is InChI=1S/C11H11F6N/c1-6-3-4-8(7(2)5-6)18-9(10(12,13)14)11(15,16)17/h3-5,9,18H,1-2H3. The summed E-state index contributed by atoms with van der Waals surface area (Å²) in [5, 5.41) is 1.50. The van der Waals surface area contributed by atoms with Crippen LogP contribution in [0.15, 0.2) is 18.2 Å². The van der Waals surface area contributed by atoms with E-state index < -0.39 is 18.4 Å². The normalized spacial score (nSPS) is 12.9. The van der Waals surface area contributed by atoms with Crippen molar-refractivity contribution in [3.8, 4) is 0 Å². The van der Waals surface area contributed by atoms with E-state index in [-0.39, 0.29) is 5.69 Å². The molecule has 0 bridgehead atoms. The van der Waals surface area contributed by atoms with Gasteiger partial charge >= 0.3 is 12.4 Å². The summed E-state index contributed by atoms with van der Waals surface area (Å²) in [5.74, 6) is 0. The zero-order valence-electron chi connectivity index (χ0n) is 9.58. The number of aryl methyl sites for hydroxylation is 2. The van der Waals surface area contributed by atoms with Gasteiger partial charge in [0.1, 0.15) is 0 Å². The van der Waals surface area contributed by atoms with Crippen molar-refractivity contribution in [2.24, 2.45) is 0 Å². The smallest absolute Gasteiger partial charge is 0.366 e. The van der Waals surface area contributed by atoms with E-state index in [4.69, 9.17) is 0 Å². The van der Waals surface area contributed by atoms with Crippen molar-refractivity contribution in [2.45, 2.75) is 32.2 Å². The molecule has 1 rings (SSSR count). The van der Waals surface area contributed by atoms with Crippen molar-refractivity contribution in [1.82, 2.24) is 0 Å². The molecule has 0 saturated carbocycles. The van der Waals surface area contributed by atoms with E-state index in [0.29, 0.717) is 5.56 Å². The fourth-order valence-electron chi connectivity index (χ4n) is 1.48. The molecule has 0 aliphatic rings. The third-order valence-electron chi connectivity index (χ3n) is 2.34. The molecule has 1 aromatic rings. The van der Waals surface area contributed by atoms with Crippen LogP contribution in [0.4, 0.5) is 32.0 Å². The first-order chi connectivity index (χ1) is 8.01. The highest BCUT2D eigenvalue weighted by Crippen LogP contribution is 2.36. The first-order valence-electron chi connectivity index (χ1n) is 4.99. The summed E-state index contributed by atoms with van der Waals surface area (Å²) in [5.41, 5.74) is 0.905. The van der Waals surface area contributed by atoms with Gasteiger partial charge in [0.15, 0.2) is 0 Å². The second-order valence-electron chi connectivity index (χ2n) is 3.98. The Balaban J connectivity index is 3.05. The molecule has 0 amide bonds. The van der Waals surface area contributed by atoms with E-state index in [1.165, 1.54) is 30.4 Å². The van der Waals surface area contributed by atoms with Gasteiger partial charge in [0, 0.05) is 5.69 Å². The number of anilines is 1. The summed E-state index contributed by atoms with van der Waals surface area (Å²) < 4.78 is 74.0. The minimum atomic E-state index is -5.39. The first kappa shape index (κ1) is 14.7. The maximum absolute atomic E-state index is 12.3. The summed E-state index contributed by atoms with van der Waals surface area (Å²) in [6, 6.07) is 0.590. The van der Waals surface area contributed by atoms with Gasteiger partial charge in [-0.05, 0) is 25.5 Å². The van der Waals surface area contributed by atoms with Crippen molar-refractivity contribution in [3.05, 3.63) is 29.3 Å². The zero-order chi connectivity index (χ0) is 14.1. The van der Waals surface area contributed by atoms with Crippen molar-refractivity contribution in [3.63, 3.8) is 0 Å². The molecule has 1 nitrogen and oxygen atoms in total. The minimum Gasteiger partial charge on any atom is -0.366 e. The summed E-state index contributed by atoms with van der Waals surface area (Å²) in [4.78, 5) is 0. The lowest BCUT2D eigenvalue weighted by atomic mass is 10.1. The molecule has 7 heteroatoms. The van der Waals surface area contributed by atoms with E-state index in [2.05, 4.69) is 0 Å². The highest BCUT2D eigenvalue weighted by molar-refractivity contribution is 5.53. The Hall–Kier alpha value is -1.40. The molecule has 0 fully saturated rings. The average Bonchev–Trinajstić information content (AvgIpc) is 2.12. The topological polar surface area (TPSA) is 12.0 Å². The fraction of sp³-hybridized carbons (Fsp3) is 0.455. The van der Waals surface area contributed by atoms with Crippen LogP contribution in [0.2, 0.25) is 0 Å². The number of alkyl halides is 6. The van der Waals surface area contributed by atoms with Crippen LogP contribution < -0.4 is 5.32 Å². The first-order valence-corrected chi connectivity index (χ1v) is 4.99. The monoisotopic (exact) mass is 271 g/mol. The molecule has 18 heavy (non-hydrogen) atoms. The molecule has 0 unspecified atom stereocenters. The highest BCUT2D eigenvalue weighted by atomic mass is 19.4. The Morgan fingerprint density at radius 3 is 1.83 bits per heavy atom. The van der Waals surface area contributed by atoms with Gasteiger partial charge in [-0.3, -0.25) is 0 Å². The summed E-state index contributed by atoms with van der Waals surface area (Å²) in [6.45, 7) is 3.14. The lowest BCUT2D eigenvalue weighted by Crippen LogP contribution is -2.48. The van der Waals surface area contributed by atoms with Crippen LogP contribution in [0.25, 0.3) is 0 Å². The van der Waals surface area contributed by atoms with E-state index in [9.17, 15) is 26.3 Å². The second-order valence-corrected chi connectivity index (χ2v) is 3.98. The third-order valence-corrected chi connectivity index (χ3v) is 2.34. The molecule has 0 spiro atoms. The Bertz CT molecular complexity index is 407. The summed E-state index contributed by atoms with van der Waals surface area (Å²) in [7, 11) is 0. The fourth-order valence-corrected chi connectivity index (χ4v) is 1.48. The number of nitrogens with one attached hydrogen (secondary N) is 1. The maximum Gasteiger partial charge on any atom is 0.417 e. The van der Waals surface area contributed by atoms with Gasteiger partial charge in [-0.1, -0.05) is 17.7 Å². The highest BCUT2D eigenvalue weighted by Gasteiger charge is 2.56. The van der Waals surface area contributed by atoms with Crippen LogP contribution in [0.5, 0.6) is 0 Å². The van der Waals surface area contributed by atoms with E-state index >= 15 is 0 Å². The number of rotatable bonds is 2. The number of hydrogen-bond acceptors (Lipinski definition) is 1. The largest absolute Gasteiger partial charge is 0.417 e. The van der Waals surface area contributed by atoms with Gasteiger partial charge in [0.05, 0.1) is 0 Å². The van der Waals surface area contributed by atoms with Gasteiger partial charge in [-0.2, -0.15) is 26.3 Å². The molecule has 0 atom stereocenters. The molecular formula is C11H11F6N. The van der Waals surface area contributed by atoms with Crippen molar-refractivity contribution in [2.75, 3.05) is 5.32 Å². The van der Waals surface area contributed by atoms with Crippen LogP contribution in [0, 0.1) is 13.8 Å². The quantitative estimate of drug-likeness (QED) is 0.794. The Kier molecular flexibility index (Phi) is 3.83. The van der Waals surface area contributed by atoms with Gasteiger partial charge in [-0.25, -0.2) is 0 Å². The SMILES string of the molecule is Cc1ccc(NC(C(F)(F)F)C(F)(F)F)c(C)c1. The summed E-state index contributed by atoms with van der Waals surface area (Å²) in [6.07, 6.45) is -10.8.